The van der Waals surface area contributed by atoms with E-state index in [0.717, 1.165) is 10.1 Å². The molecule has 0 aliphatic carbocycles. The molecule has 0 aliphatic rings. The van der Waals surface area contributed by atoms with Crippen LogP contribution in [0, 0.1) is 13.8 Å². The van der Waals surface area contributed by atoms with Gasteiger partial charge in [0.15, 0.2) is 0 Å². The minimum atomic E-state index is -0.653. The maximum atomic E-state index is 13.4. The molecule has 0 saturated carbocycles. The Morgan fingerprint density at radius 3 is 2.47 bits per heavy atom. The third-order valence-electron chi connectivity index (χ3n) is 5.46. The number of fused-ring (bicyclic) bond motifs is 1. The zero-order valence-electron chi connectivity index (χ0n) is 19.5. The fourth-order valence-corrected chi connectivity index (χ4v) is 3.69. The first kappa shape index (κ1) is 23.0. The quantitative estimate of drug-likeness (QED) is 0.400. The number of benzene rings is 1. The van der Waals surface area contributed by atoms with Crippen LogP contribution in [0.15, 0.2) is 44.3 Å². The van der Waals surface area contributed by atoms with E-state index in [1.54, 1.807) is 52.1 Å². The molecule has 0 spiro atoms. The molecular weight excluding hydrogens is 440 g/mol. The van der Waals surface area contributed by atoms with Crippen molar-refractivity contribution in [2.75, 3.05) is 13.7 Å². The van der Waals surface area contributed by atoms with Gasteiger partial charge in [-0.25, -0.2) is 19.6 Å². The number of nitrogens with zero attached hydrogens (tertiary/aromatic N) is 4. The van der Waals surface area contributed by atoms with Crippen molar-refractivity contribution in [2.45, 2.75) is 27.3 Å². The molecule has 34 heavy (non-hydrogen) atoms. The van der Waals surface area contributed by atoms with Gasteiger partial charge in [-0.15, -0.1) is 0 Å². The minimum absolute atomic E-state index is 0.0164. The average Bonchev–Trinajstić information content (AvgIpc) is 3.20. The fourth-order valence-electron chi connectivity index (χ4n) is 3.69. The Morgan fingerprint density at radius 1 is 1.12 bits per heavy atom. The van der Waals surface area contributed by atoms with Crippen molar-refractivity contribution in [3.8, 4) is 17.2 Å². The summed E-state index contributed by atoms with van der Waals surface area (Å²) in [4.78, 5) is 47.9. The van der Waals surface area contributed by atoms with Crippen LogP contribution < -0.4 is 16.0 Å². The van der Waals surface area contributed by atoms with Crippen molar-refractivity contribution < 1.29 is 18.7 Å². The summed E-state index contributed by atoms with van der Waals surface area (Å²) in [6.07, 6.45) is 0. The van der Waals surface area contributed by atoms with Gasteiger partial charge in [-0.05, 0) is 51.1 Å². The number of methoxy groups -OCH3 is 1. The highest BCUT2D eigenvalue weighted by Crippen LogP contribution is 2.24. The van der Waals surface area contributed by atoms with Crippen molar-refractivity contribution in [1.29, 1.82) is 0 Å². The second-order valence-electron chi connectivity index (χ2n) is 7.71. The molecule has 0 radical (unpaired) electrons. The molecular formula is C24H24N4O6. The highest BCUT2D eigenvalue weighted by atomic mass is 16.5. The second-order valence-corrected chi connectivity index (χ2v) is 7.71. The van der Waals surface area contributed by atoms with Crippen molar-refractivity contribution in [1.82, 2.24) is 19.1 Å². The Labute approximate surface area is 194 Å². The van der Waals surface area contributed by atoms with Crippen LogP contribution in [-0.4, -0.2) is 38.8 Å². The van der Waals surface area contributed by atoms with Gasteiger partial charge in [0.2, 0.25) is 5.89 Å². The number of aromatic nitrogens is 4. The lowest BCUT2D eigenvalue weighted by atomic mass is 10.1. The van der Waals surface area contributed by atoms with Gasteiger partial charge in [-0.3, -0.25) is 13.9 Å². The molecule has 176 valence electrons. The lowest BCUT2D eigenvalue weighted by Crippen LogP contribution is -2.40. The Bertz CT molecular complexity index is 1510. The summed E-state index contributed by atoms with van der Waals surface area (Å²) in [6.45, 7) is 5.07. The van der Waals surface area contributed by atoms with E-state index in [4.69, 9.17) is 13.9 Å². The van der Waals surface area contributed by atoms with Crippen LogP contribution in [-0.2, 0) is 18.3 Å². The lowest BCUT2D eigenvalue weighted by Gasteiger charge is -2.12. The highest BCUT2D eigenvalue weighted by molar-refractivity contribution is 6.02. The predicted octanol–water partition coefficient (Wildman–Crippen LogP) is 2.60. The number of hydrogen-bond acceptors (Lipinski definition) is 8. The Kier molecular flexibility index (Phi) is 6.06. The summed E-state index contributed by atoms with van der Waals surface area (Å²) in [5, 5.41) is 0.0164. The van der Waals surface area contributed by atoms with Crippen LogP contribution in [0.4, 0.5) is 0 Å². The number of rotatable bonds is 6. The monoisotopic (exact) mass is 464 g/mol. The summed E-state index contributed by atoms with van der Waals surface area (Å²) in [5.74, 6) is 0.859. The van der Waals surface area contributed by atoms with Gasteiger partial charge in [0.1, 0.15) is 22.9 Å². The molecule has 4 rings (SSSR count). The number of ether oxygens (including phenoxy) is 2. The molecule has 10 nitrogen and oxygen atoms in total. The highest BCUT2D eigenvalue weighted by Gasteiger charge is 2.22. The Morgan fingerprint density at radius 2 is 1.82 bits per heavy atom. The fraction of sp³-hybridized carbons (Fsp3) is 0.292. The number of hydrogen-bond donors (Lipinski definition) is 0. The molecule has 0 amide bonds. The van der Waals surface area contributed by atoms with Gasteiger partial charge in [-0.2, -0.15) is 0 Å². The van der Waals surface area contributed by atoms with Gasteiger partial charge in [0.05, 0.1) is 31.2 Å². The van der Waals surface area contributed by atoms with E-state index in [-0.39, 0.29) is 29.7 Å². The smallest absolute Gasteiger partial charge is 0.339 e. The van der Waals surface area contributed by atoms with Crippen molar-refractivity contribution in [3.05, 3.63) is 73.9 Å². The lowest BCUT2D eigenvalue weighted by molar-refractivity contribution is 0.0528. The van der Waals surface area contributed by atoms with Crippen LogP contribution >= 0.6 is 0 Å². The Hall–Kier alpha value is -4.21. The van der Waals surface area contributed by atoms with E-state index >= 15 is 0 Å². The van der Waals surface area contributed by atoms with Gasteiger partial charge in [0.25, 0.3) is 5.56 Å². The molecule has 0 atom stereocenters. The molecule has 0 saturated heterocycles. The molecule has 1 aromatic carbocycles. The second kappa shape index (κ2) is 8.97. The van der Waals surface area contributed by atoms with Crippen LogP contribution in [0.2, 0.25) is 0 Å². The number of pyridine rings is 1. The van der Waals surface area contributed by atoms with Crippen LogP contribution in [0.5, 0.6) is 5.75 Å². The molecule has 0 unspecified atom stereocenters. The molecule has 0 N–H and O–H groups in total. The topological polar surface area (TPSA) is 118 Å². The number of carbonyl (C=O) groups excluding carboxylic acids is 1. The number of carbonyl (C=O) groups is 1. The van der Waals surface area contributed by atoms with E-state index in [1.807, 2.05) is 0 Å². The molecule has 0 bridgehead atoms. The molecule has 4 aromatic rings. The first-order valence-electron chi connectivity index (χ1n) is 10.6. The summed E-state index contributed by atoms with van der Waals surface area (Å²) in [6, 6.07) is 8.65. The summed E-state index contributed by atoms with van der Waals surface area (Å²) >= 11 is 0. The first-order valence-corrected chi connectivity index (χ1v) is 10.6. The van der Waals surface area contributed by atoms with E-state index in [1.165, 1.54) is 17.7 Å². The molecule has 0 fully saturated rings. The normalized spacial score (nSPS) is 11.1. The molecule has 3 heterocycles. The van der Waals surface area contributed by atoms with E-state index < -0.39 is 17.2 Å². The van der Waals surface area contributed by atoms with Crippen LogP contribution in [0.1, 0.15) is 34.4 Å². The molecule has 10 heteroatoms. The summed E-state index contributed by atoms with van der Waals surface area (Å²) in [7, 11) is 3.08. The van der Waals surface area contributed by atoms with E-state index in [0.29, 0.717) is 28.8 Å². The van der Waals surface area contributed by atoms with E-state index in [2.05, 4.69) is 9.97 Å². The van der Waals surface area contributed by atoms with Gasteiger partial charge in [-0.1, -0.05) is 0 Å². The first-order chi connectivity index (χ1) is 16.2. The standard InChI is InChI=1S/C24H24N4O6/c1-6-33-23(30)17-11-13(2)25-20-19(17)22(29)28(24(31)27(20)4)12-18-14(3)34-21(26-18)15-7-9-16(32-5)10-8-15/h7-11H,6,12H2,1-5H3. The van der Waals surface area contributed by atoms with Crippen LogP contribution in [0.25, 0.3) is 22.5 Å². The number of oxazole rings is 1. The van der Waals surface area contributed by atoms with Crippen LogP contribution in [0.3, 0.4) is 0 Å². The number of esters is 1. The Balaban J connectivity index is 1.84. The predicted molar refractivity (Wildman–Crippen MR) is 124 cm³/mol. The van der Waals surface area contributed by atoms with Gasteiger partial charge >= 0.3 is 11.7 Å². The summed E-state index contributed by atoms with van der Waals surface area (Å²) < 4.78 is 18.3. The SMILES string of the molecule is CCOC(=O)c1cc(C)nc2c1c(=O)n(Cc1nc(-c3ccc(OC)cc3)oc1C)c(=O)n2C. The van der Waals surface area contributed by atoms with Crippen molar-refractivity contribution >= 4 is 17.0 Å². The maximum absolute atomic E-state index is 13.4. The average molecular weight is 464 g/mol. The van der Waals surface area contributed by atoms with Crippen molar-refractivity contribution in [3.63, 3.8) is 0 Å². The minimum Gasteiger partial charge on any atom is -0.497 e. The zero-order valence-corrected chi connectivity index (χ0v) is 19.5. The van der Waals surface area contributed by atoms with Crippen molar-refractivity contribution in [2.24, 2.45) is 7.05 Å². The summed E-state index contributed by atoms with van der Waals surface area (Å²) in [5.41, 5.74) is 0.569. The van der Waals surface area contributed by atoms with Gasteiger partial charge < -0.3 is 13.9 Å². The third kappa shape index (κ3) is 3.98. The zero-order chi connectivity index (χ0) is 24.6. The number of aryl methyl sites for hydroxylation is 3. The van der Waals surface area contributed by atoms with Gasteiger partial charge in [0, 0.05) is 18.3 Å². The largest absolute Gasteiger partial charge is 0.497 e. The molecule has 3 aromatic heterocycles. The van der Waals surface area contributed by atoms with E-state index in [9.17, 15) is 14.4 Å². The third-order valence-corrected chi connectivity index (χ3v) is 5.46. The molecule has 0 aliphatic heterocycles. The maximum Gasteiger partial charge on any atom is 0.339 e.